The third kappa shape index (κ3) is 4.56. The normalized spacial score (nSPS) is 12.4. The van der Waals surface area contributed by atoms with Crippen LogP contribution < -0.4 is 0 Å². The number of Topliss-reactive ketones (excluding diaryl/α,β-unsaturated/α-hetero) is 1. The summed E-state index contributed by atoms with van der Waals surface area (Å²) in [6.45, 7) is 6.41. The number of hydrogen-bond donors (Lipinski definition) is 0. The van der Waals surface area contributed by atoms with Crippen LogP contribution in [0.5, 0.6) is 0 Å². The molecule has 1 unspecified atom stereocenters. The number of carbonyl (C=O) groups is 1. The van der Waals surface area contributed by atoms with E-state index in [2.05, 4.69) is 29.8 Å². The predicted molar refractivity (Wildman–Crippen MR) is 81.1 cm³/mol. The minimum Gasteiger partial charge on any atom is -0.294 e. The van der Waals surface area contributed by atoms with Crippen molar-refractivity contribution in [2.24, 2.45) is 5.92 Å². The van der Waals surface area contributed by atoms with Crippen LogP contribution in [0, 0.1) is 12.8 Å². The van der Waals surface area contributed by atoms with Gasteiger partial charge in [-0.3, -0.25) is 4.79 Å². The van der Waals surface area contributed by atoms with Gasteiger partial charge in [0.05, 0.1) is 0 Å². The fraction of sp³-hybridized carbons (Fsp3) is 0.562. The zero-order valence-electron chi connectivity index (χ0n) is 11.6. The molecule has 0 radical (unpaired) electrons. The van der Waals surface area contributed by atoms with Crippen LogP contribution in [0.4, 0.5) is 0 Å². The van der Waals surface area contributed by atoms with Crippen molar-refractivity contribution in [3.05, 3.63) is 33.8 Å². The Balaban J connectivity index is 2.68. The van der Waals surface area contributed by atoms with Gasteiger partial charge in [-0.1, -0.05) is 67.6 Å². The molecule has 0 aliphatic heterocycles. The lowest BCUT2D eigenvalue weighted by Gasteiger charge is -2.14. The van der Waals surface area contributed by atoms with Crippen LogP contribution >= 0.6 is 15.9 Å². The van der Waals surface area contributed by atoms with Crippen LogP contribution in [0.3, 0.4) is 0 Å². The van der Waals surface area contributed by atoms with E-state index in [1.807, 2.05) is 25.1 Å². The van der Waals surface area contributed by atoms with Gasteiger partial charge in [-0.15, -0.1) is 0 Å². The summed E-state index contributed by atoms with van der Waals surface area (Å²) < 4.78 is 0.929. The summed E-state index contributed by atoms with van der Waals surface area (Å²) in [6.07, 6.45) is 5.37. The Bertz CT molecular complexity index is 398. The highest BCUT2D eigenvalue weighted by Gasteiger charge is 2.15. The Morgan fingerprint density at radius 2 is 2.06 bits per heavy atom. The first-order valence-corrected chi connectivity index (χ1v) is 7.67. The summed E-state index contributed by atoms with van der Waals surface area (Å²) >= 11 is 3.49. The van der Waals surface area contributed by atoms with E-state index in [1.54, 1.807) is 0 Å². The maximum Gasteiger partial charge on any atom is 0.164 e. The zero-order chi connectivity index (χ0) is 13.5. The van der Waals surface area contributed by atoms with Crippen LogP contribution in [-0.4, -0.2) is 5.78 Å². The molecule has 0 saturated heterocycles. The van der Waals surface area contributed by atoms with E-state index >= 15 is 0 Å². The van der Waals surface area contributed by atoms with Gasteiger partial charge in [0.15, 0.2) is 5.78 Å². The van der Waals surface area contributed by atoms with Crippen molar-refractivity contribution in [1.29, 1.82) is 0 Å². The van der Waals surface area contributed by atoms with E-state index in [0.29, 0.717) is 12.3 Å². The number of rotatable bonds is 7. The van der Waals surface area contributed by atoms with Crippen molar-refractivity contribution in [3.63, 3.8) is 0 Å². The molecule has 1 atom stereocenters. The second kappa shape index (κ2) is 7.73. The van der Waals surface area contributed by atoms with E-state index in [9.17, 15) is 4.79 Å². The molecule has 100 valence electrons. The molecular formula is C16H23BrO. The Morgan fingerprint density at radius 3 is 2.61 bits per heavy atom. The van der Waals surface area contributed by atoms with Gasteiger partial charge < -0.3 is 0 Å². The largest absolute Gasteiger partial charge is 0.294 e. The number of halogens is 1. The van der Waals surface area contributed by atoms with E-state index in [4.69, 9.17) is 0 Å². The summed E-state index contributed by atoms with van der Waals surface area (Å²) in [5, 5.41) is 0. The smallest absolute Gasteiger partial charge is 0.164 e. The van der Waals surface area contributed by atoms with Gasteiger partial charge in [0.2, 0.25) is 0 Å². The molecule has 2 heteroatoms. The average Bonchev–Trinajstić information content (AvgIpc) is 2.34. The molecule has 0 heterocycles. The van der Waals surface area contributed by atoms with E-state index < -0.39 is 0 Å². The number of unbranched alkanes of at least 4 members (excludes halogenated alkanes) is 1. The third-order valence-corrected chi connectivity index (χ3v) is 4.10. The predicted octanol–water partition coefficient (Wildman–Crippen LogP) is 5.55. The number of benzene rings is 1. The molecule has 1 aromatic rings. The average molecular weight is 311 g/mol. The molecule has 0 spiro atoms. The molecule has 1 aromatic carbocycles. The van der Waals surface area contributed by atoms with Crippen molar-refractivity contribution in [3.8, 4) is 0 Å². The van der Waals surface area contributed by atoms with E-state index in [1.165, 1.54) is 24.8 Å². The summed E-state index contributed by atoms with van der Waals surface area (Å²) in [6, 6.07) is 5.96. The van der Waals surface area contributed by atoms with E-state index in [-0.39, 0.29) is 5.78 Å². The Hall–Kier alpha value is -0.630. The highest BCUT2D eigenvalue weighted by Crippen LogP contribution is 2.24. The van der Waals surface area contributed by atoms with Crippen molar-refractivity contribution in [2.45, 2.75) is 52.9 Å². The maximum atomic E-state index is 12.3. The van der Waals surface area contributed by atoms with Crippen molar-refractivity contribution in [1.82, 2.24) is 0 Å². The number of ketones is 1. The Morgan fingerprint density at radius 1 is 1.33 bits per heavy atom. The van der Waals surface area contributed by atoms with Gasteiger partial charge in [0.1, 0.15) is 0 Å². The first-order chi connectivity index (χ1) is 8.58. The summed E-state index contributed by atoms with van der Waals surface area (Å²) in [7, 11) is 0. The molecule has 0 saturated carbocycles. The molecule has 0 amide bonds. The monoisotopic (exact) mass is 310 g/mol. The number of hydrogen-bond acceptors (Lipinski definition) is 1. The highest BCUT2D eigenvalue weighted by molar-refractivity contribution is 9.10. The highest BCUT2D eigenvalue weighted by atomic mass is 79.9. The molecule has 0 fully saturated rings. The number of aryl methyl sites for hydroxylation is 1. The molecule has 0 aliphatic rings. The minimum atomic E-state index is 0.268. The number of carbonyl (C=O) groups excluding carboxylic acids is 1. The first kappa shape index (κ1) is 15.4. The topological polar surface area (TPSA) is 17.1 Å². The van der Waals surface area contributed by atoms with Gasteiger partial charge in [-0.2, -0.15) is 0 Å². The van der Waals surface area contributed by atoms with Gasteiger partial charge in [0.25, 0.3) is 0 Å². The lowest BCUT2D eigenvalue weighted by atomic mass is 9.91. The fourth-order valence-corrected chi connectivity index (χ4v) is 2.88. The molecule has 0 aromatic heterocycles. The standard InChI is InChI=1S/C16H23BrO/c1-4-6-7-13(5-2)11-16(18)14-9-8-12(3)10-15(14)17/h8-10,13H,4-7,11H2,1-3H3. The third-order valence-electron chi connectivity index (χ3n) is 3.44. The second-order valence-corrected chi connectivity index (χ2v) is 5.88. The van der Waals surface area contributed by atoms with Crippen LogP contribution in [0.15, 0.2) is 22.7 Å². The lowest BCUT2D eigenvalue weighted by molar-refractivity contribution is 0.0956. The van der Waals surface area contributed by atoms with Crippen LogP contribution in [0.2, 0.25) is 0 Å². The fourth-order valence-electron chi connectivity index (χ4n) is 2.16. The molecule has 1 nitrogen and oxygen atoms in total. The summed E-state index contributed by atoms with van der Waals surface area (Å²) in [5.41, 5.74) is 2.01. The van der Waals surface area contributed by atoms with Crippen molar-refractivity contribution in [2.75, 3.05) is 0 Å². The van der Waals surface area contributed by atoms with Gasteiger partial charge in [-0.25, -0.2) is 0 Å². The molecule has 0 aliphatic carbocycles. The Kier molecular flexibility index (Phi) is 6.62. The van der Waals surface area contributed by atoms with Gasteiger partial charge >= 0.3 is 0 Å². The van der Waals surface area contributed by atoms with Gasteiger partial charge in [-0.05, 0) is 24.5 Å². The lowest BCUT2D eigenvalue weighted by Crippen LogP contribution is -2.09. The Labute approximate surface area is 119 Å². The minimum absolute atomic E-state index is 0.268. The SMILES string of the molecule is CCCCC(CC)CC(=O)c1ccc(C)cc1Br. The van der Waals surface area contributed by atoms with Crippen LogP contribution in [0.25, 0.3) is 0 Å². The first-order valence-electron chi connectivity index (χ1n) is 6.87. The van der Waals surface area contributed by atoms with Crippen LogP contribution in [0.1, 0.15) is 61.9 Å². The molecule has 0 bridgehead atoms. The van der Waals surface area contributed by atoms with Crippen molar-refractivity contribution < 1.29 is 4.79 Å². The van der Waals surface area contributed by atoms with Crippen molar-refractivity contribution >= 4 is 21.7 Å². The molecule has 0 N–H and O–H groups in total. The summed E-state index contributed by atoms with van der Waals surface area (Å²) in [5.74, 6) is 0.801. The maximum absolute atomic E-state index is 12.3. The van der Waals surface area contributed by atoms with Gasteiger partial charge in [0, 0.05) is 16.5 Å². The molecule has 18 heavy (non-hydrogen) atoms. The van der Waals surface area contributed by atoms with Crippen LogP contribution in [-0.2, 0) is 0 Å². The zero-order valence-corrected chi connectivity index (χ0v) is 13.2. The molecular weight excluding hydrogens is 288 g/mol. The van der Waals surface area contributed by atoms with E-state index in [0.717, 1.165) is 16.5 Å². The summed E-state index contributed by atoms with van der Waals surface area (Å²) in [4.78, 5) is 12.3. The quantitative estimate of drug-likeness (QED) is 0.604. The second-order valence-electron chi connectivity index (χ2n) is 5.03. The molecule has 1 rings (SSSR count).